The van der Waals surface area contributed by atoms with E-state index in [1.165, 1.54) is 18.2 Å². The number of hydrogen-bond acceptors (Lipinski definition) is 4. The van der Waals surface area contributed by atoms with E-state index < -0.39 is 10.2 Å². The number of carbonyl (C=O) groups excluding carboxylic acids is 2. The maximum absolute atomic E-state index is 10.7. The number of rotatable bonds is 2. The van der Waals surface area contributed by atoms with Crippen LogP contribution in [0.15, 0.2) is 18.2 Å². The summed E-state index contributed by atoms with van der Waals surface area (Å²) in [5, 5.41) is -1.06. The molecule has 5 heteroatoms. The van der Waals surface area contributed by atoms with Gasteiger partial charge in [0.25, 0.3) is 0 Å². The molecular formula is C7H4NO2S2-. The van der Waals surface area contributed by atoms with Gasteiger partial charge in [-0.25, -0.2) is 4.98 Å². The Morgan fingerprint density at radius 1 is 1.33 bits per heavy atom. The smallest absolute Gasteiger partial charge is 0.234 e. The molecule has 0 atom stereocenters. The zero-order chi connectivity index (χ0) is 9.14. The minimum Gasteiger partial charge on any atom is -0.735 e. The summed E-state index contributed by atoms with van der Waals surface area (Å²) in [6, 6.07) is 4.46. The van der Waals surface area contributed by atoms with E-state index in [4.69, 9.17) is 0 Å². The van der Waals surface area contributed by atoms with Crippen LogP contribution in [-0.2, 0) is 12.6 Å². The van der Waals surface area contributed by atoms with Crippen molar-refractivity contribution < 1.29 is 9.59 Å². The van der Waals surface area contributed by atoms with Gasteiger partial charge < -0.3 is 17.4 Å². The van der Waals surface area contributed by atoms with E-state index in [2.05, 4.69) is 30.2 Å². The molecule has 0 amide bonds. The summed E-state index contributed by atoms with van der Waals surface area (Å²) in [5.74, 6) is 0. The standard InChI is InChI=1S/C7H5NO2S2/c9-6(11)4-2-1-3-5(8-4)7(10)12/h1-3H,(H,9,11)(H,10,12)/p-1. The fraction of sp³-hybridized carbons (Fsp3) is 0. The van der Waals surface area contributed by atoms with Gasteiger partial charge in [0.1, 0.15) is 5.69 Å². The molecule has 0 fully saturated rings. The van der Waals surface area contributed by atoms with E-state index >= 15 is 0 Å². The van der Waals surface area contributed by atoms with E-state index in [0.29, 0.717) is 0 Å². The third-order valence-electron chi connectivity index (χ3n) is 1.18. The van der Waals surface area contributed by atoms with Crippen LogP contribution in [0.4, 0.5) is 0 Å². The molecule has 0 radical (unpaired) electrons. The molecule has 1 heterocycles. The third-order valence-corrected chi connectivity index (χ3v) is 1.62. The molecule has 62 valence electrons. The average molecular weight is 198 g/mol. The molecule has 0 aliphatic carbocycles. The highest BCUT2D eigenvalue weighted by Crippen LogP contribution is 2.02. The minimum atomic E-state index is -0.577. The summed E-state index contributed by atoms with van der Waals surface area (Å²) in [6.07, 6.45) is 0. The summed E-state index contributed by atoms with van der Waals surface area (Å²) in [5.41, 5.74) is 0.235. The van der Waals surface area contributed by atoms with E-state index in [1.807, 2.05) is 0 Å². The first-order valence-electron chi connectivity index (χ1n) is 3.03. The second-order valence-electron chi connectivity index (χ2n) is 2.00. The van der Waals surface area contributed by atoms with Crippen molar-refractivity contribution >= 4 is 35.5 Å². The van der Waals surface area contributed by atoms with Crippen LogP contribution in [0.3, 0.4) is 0 Å². The van der Waals surface area contributed by atoms with Gasteiger partial charge in [-0.2, -0.15) is 0 Å². The van der Waals surface area contributed by atoms with Crippen LogP contribution in [0, 0.1) is 0 Å². The molecule has 12 heavy (non-hydrogen) atoms. The number of hydrogen-bond donors (Lipinski definition) is 1. The molecule has 0 aliphatic heterocycles. The molecule has 0 aromatic carbocycles. The van der Waals surface area contributed by atoms with Gasteiger partial charge in [0.15, 0.2) is 0 Å². The second kappa shape index (κ2) is 3.64. The largest absolute Gasteiger partial charge is 0.735 e. The van der Waals surface area contributed by atoms with Crippen molar-refractivity contribution in [1.29, 1.82) is 0 Å². The van der Waals surface area contributed by atoms with Crippen molar-refractivity contribution in [3.05, 3.63) is 29.6 Å². The molecule has 1 rings (SSSR count). The van der Waals surface area contributed by atoms with Crippen LogP contribution in [0.1, 0.15) is 21.0 Å². The zero-order valence-corrected chi connectivity index (χ0v) is 7.56. The first-order chi connectivity index (χ1) is 5.61. The molecule has 0 saturated heterocycles. The van der Waals surface area contributed by atoms with Crippen LogP contribution in [0.2, 0.25) is 0 Å². The summed E-state index contributed by atoms with van der Waals surface area (Å²) in [7, 11) is 0. The summed E-state index contributed by atoms with van der Waals surface area (Å²) in [6.45, 7) is 0. The van der Waals surface area contributed by atoms with E-state index in [9.17, 15) is 9.59 Å². The Hall–Kier alpha value is -0.940. The average Bonchev–Trinajstić information content (AvgIpc) is 2.04. The predicted molar refractivity (Wildman–Crippen MR) is 49.2 cm³/mol. The molecule has 0 saturated carbocycles. The molecule has 0 aliphatic rings. The monoisotopic (exact) mass is 198 g/mol. The Morgan fingerprint density at radius 2 is 1.92 bits per heavy atom. The van der Waals surface area contributed by atoms with Gasteiger partial charge in [-0.1, -0.05) is 18.7 Å². The number of carbonyl (C=O) groups is 2. The van der Waals surface area contributed by atoms with Crippen molar-refractivity contribution in [1.82, 2.24) is 4.98 Å². The highest BCUT2D eigenvalue weighted by atomic mass is 32.1. The van der Waals surface area contributed by atoms with Gasteiger partial charge in [0, 0.05) is 0 Å². The van der Waals surface area contributed by atoms with Gasteiger partial charge in [0.05, 0.1) is 10.8 Å². The fourth-order valence-electron chi connectivity index (χ4n) is 0.668. The SMILES string of the molecule is O=C([S-])c1cccc(C(=O)S)n1. The van der Waals surface area contributed by atoms with Gasteiger partial charge in [-0.15, -0.1) is 0 Å². The quantitative estimate of drug-likeness (QED) is 0.565. The topological polar surface area (TPSA) is 47.0 Å². The lowest BCUT2D eigenvalue weighted by atomic mass is 10.3. The van der Waals surface area contributed by atoms with E-state index in [1.54, 1.807) is 0 Å². The first kappa shape index (κ1) is 9.15. The molecule has 0 N–H and O–H groups in total. The van der Waals surface area contributed by atoms with Crippen molar-refractivity contribution in [2.75, 3.05) is 0 Å². The summed E-state index contributed by atoms with van der Waals surface area (Å²) in [4.78, 5) is 25.0. The molecular weight excluding hydrogens is 194 g/mol. The first-order valence-corrected chi connectivity index (χ1v) is 3.88. The number of pyridine rings is 1. The van der Waals surface area contributed by atoms with Crippen LogP contribution in [0.25, 0.3) is 0 Å². The predicted octanol–water partition coefficient (Wildman–Crippen LogP) is 0.839. The van der Waals surface area contributed by atoms with Crippen molar-refractivity contribution in [3.8, 4) is 0 Å². The number of thiol groups is 1. The van der Waals surface area contributed by atoms with E-state index in [-0.39, 0.29) is 11.4 Å². The van der Waals surface area contributed by atoms with Gasteiger partial charge in [-0.3, -0.25) is 4.79 Å². The Labute approximate surface area is 80.0 Å². The molecule has 3 nitrogen and oxygen atoms in total. The summed E-state index contributed by atoms with van der Waals surface area (Å²) >= 11 is 7.91. The maximum Gasteiger partial charge on any atom is 0.234 e. The Morgan fingerprint density at radius 3 is 2.42 bits per heavy atom. The number of nitrogens with zero attached hydrogens (tertiary/aromatic N) is 1. The zero-order valence-electron chi connectivity index (χ0n) is 5.85. The van der Waals surface area contributed by atoms with Crippen LogP contribution < -0.4 is 0 Å². The Kier molecular flexibility index (Phi) is 2.78. The molecule has 0 spiro atoms. The second-order valence-corrected chi connectivity index (χ2v) is 2.78. The minimum absolute atomic E-state index is 0.102. The van der Waals surface area contributed by atoms with Crippen LogP contribution in [-0.4, -0.2) is 15.2 Å². The maximum atomic E-state index is 10.7. The normalized spacial score (nSPS) is 9.42. The van der Waals surface area contributed by atoms with E-state index in [0.717, 1.165) is 0 Å². The summed E-state index contributed by atoms with van der Waals surface area (Å²) < 4.78 is 0. The lowest BCUT2D eigenvalue weighted by Crippen LogP contribution is -2.02. The molecule has 1 aromatic heterocycles. The lowest BCUT2D eigenvalue weighted by molar-refractivity contribution is 0.108. The third kappa shape index (κ3) is 2.02. The number of aromatic nitrogens is 1. The van der Waals surface area contributed by atoms with Gasteiger partial charge in [-0.05, 0) is 12.1 Å². The Balaban J connectivity index is 3.12. The molecule has 0 unspecified atom stereocenters. The lowest BCUT2D eigenvalue weighted by Gasteiger charge is -2.02. The van der Waals surface area contributed by atoms with Gasteiger partial charge in [0.2, 0.25) is 5.12 Å². The van der Waals surface area contributed by atoms with Crippen molar-refractivity contribution in [3.63, 3.8) is 0 Å². The fourth-order valence-corrected chi connectivity index (χ4v) is 0.906. The Bertz CT molecular complexity index is 309. The van der Waals surface area contributed by atoms with Crippen LogP contribution in [0.5, 0.6) is 0 Å². The highest BCUT2D eigenvalue weighted by molar-refractivity contribution is 7.97. The molecule has 1 aromatic rings. The van der Waals surface area contributed by atoms with Crippen LogP contribution >= 0.6 is 12.6 Å². The highest BCUT2D eigenvalue weighted by Gasteiger charge is 2.02. The molecule has 0 bridgehead atoms. The van der Waals surface area contributed by atoms with Crippen molar-refractivity contribution in [2.24, 2.45) is 0 Å². The van der Waals surface area contributed by atoms with Gasteiger partial charge >= 0.3 is 0 Å². The van der Waals surface area contributed by atoms with Crippen molar-refractivity contribution in [2.45, 2.75) is 0 Å².